The number of allylic oxidation sites excluding steroid dienone is 1. The molecule has 0 fully saturated rings. The van der Waals surface area contributed by atoms with Crippen LogP contribution >= 0.6 is 0 Å². The van der Waals surface area contributed by atoms with E-state index in [4.69, 9.17) is 4.74 Å². The number of hydrogen-bond donors (Lipinski definition) is 0. The van der Waals surface area contributed by atoms with Crippen molar-refractivity contribution < 1.29 is 4.74 Å². The first-order valence-electron chi connectivity index (χ1n) is 6.03. The molecule has 0 amide bonds. The summed E-state index contributed by atoms with van der Waals surface area (Å²) in [6.45, 7) is 9.88. The minimum atomic E-state index is 0.854. The van der Waals surface area contributed by atoms with E-state index in [1.54, 1.807) is 0 Å². The van der Waals surface area contributed by atoms with Crippen LogP contribution in [-0.4, -0.2) is 13.2 Å². The van der Waals surface area contributed by atoms with Crippen molar-refractivity contribution in [1.82, 2.24) is 0 Å². The Morgan fingerprint density at radius 2 is 2.00 bits per heavy atom. The zero-order valence-corrected chi connectivity index (χ0v) is 9.93. The van der Waals surface area contributed by atoms with Crippen LogP contribution in [0.3, 0.4) is 0 Å². The fourth-order valence-corrected chi connectivity index (χ4v) is 1.67. The monoisotopic (exact) mass is 198 g/mol. The molecule has 1 nitrogen and oxygen atoms in total. The zero-order valence-electron chi connectivity index (χ0n) is 9.93. The van der Waals surface area contributed by atoms with Gasteiger partial charge in [0.25, 0.3) is 0 Å². The topological polar surface area (TPSA) is 9.23 Å². The van der Waals surface area contributed by atoms with E-state index in [0.29, 0.717) is 0 Å². The molecule has 0 saturated heterocycles. The largest absolute Gasteiger partial charge is 0.382 e. The average molecular weight is 198 g/mol. The van der Waals surface area contributed by atoms with Crippen LogP contribution in [0.15, 0.2) is 12.7 Å². The predicted octanol–water partition coefficient (Wildman–Crippen LogP) is 4.19. The fraction of sp³-hybridized carbons (Fsp3) is 0.846. The Bertz CT molecular complexity index is 120. The Hall–Kier alpha value is -0.300. The van der Waals surface area contributed by atoms with Gasteiger partial charge in [0.2, 0.25) is 0 Å². The van der Waals surface area contributed by atoms with Gasteiger partial charge < -0.3 is 4.74 Å². The van der Waals surface area contributed by atoms with Gasteiger partial charge in [0.05, 0.1) is 0 Å². The smallest absolute Gasteiger partial charge is 0.0468 e. The third kappa shape index (κ3) is 8.31. The Balaban J connectivity index is 3.33. The first-order valence-corrected chi connectivity index (χ1v) is 6.03. The van der Waals surface area contributed by atoms with Gasteiger partial charge in [-0.2, -0.15) is 0 Å². The lowest BCUT2D eigenvalue weighted by molar-refractivity contribution is 0.129. The lowest BCUT2D eigenvalue weighted by atomic mass is 9.96. The maximum Gasteiger partial charge on any atom is 0.0468 e. The first kappa shape index (κ1) is 13.7. The molecule has 0 aromatic heterocycles. The van der Waals surface area contributed by atoms with E-state index in [9.17, 15) is 0 Å². The third-order valence-corrected chi connectivity index (χ3v) is 2.72. The quantitative estimate of drug-likeness (QED) is 0.378. The summed E-state index contributed by atoms with van der Waals surface area (Å²) in [7, 11) is 0. The number of hydrogen-bond acceptors (Lipinski definition) is 1. The molecular weight excluding hydrogens is 172 g/mol. The standard InChI is InChI=1S/C13H26O/c1-4-7-8-9-10-13(5-2)11-12-14-6-3/h4,13H,1,5-12H2,2-3H3. The summed E-state index contributed by atoms with van der Waals surface area (Å²) >= 11 is 0. The van der Waals surface area contributed by atoms with Gasteiger partial charge >= 0.3 is 0 Å². The normalized spacial score (nSPS) is 12.7. The SMILES string of the molecule is C=CCCCCC(CC)CCOCC. The van der Waals surface area contributed by atoms with Crippen LogP contribution in [0.25, 0.3) is 0 Å². The van der Waals surface area contributed by atoms with E-state index in [1.165, 1.54) is 38.5 Å². The van der Waals surface area contributed by atoms with Crippen molar-refractivity contribution in [3.05, 3.63) is 12.7 Å². The van der Waals surface area contributed by atoms with Gasteiger partial charge in [-0.3, -0.25) is 0 Å². The van der Waals surface area contributed by atoms with Crippen molar-refractivity contribution >= 4 is 0 Å². The second kappa shape index (κ2) is 10.8. The Morgan fingerprint density at radius 1 is 1.21 bits per heavy atom. The van der Waals surface area contributed by atoms with Crippen molar-refractivity contribution in [3.8, 4) is 0 Å². The predicted molar refractivity (Wildman–Crippen MR) is 63.6 cm³/mol. The lowest BCUT2D eigenvalue weighted by Gasteiger charge is -2.13. The molecule has 14 heavy (non-hydrogen) atoms. The first-order chi connectivity index (χ1) is 6.85. The molecule has 0 aromatic rings. The van der Waals surface area contributed by atoms with Crippen LogP contribution in [0.4, 0.5) is 0 Å². The minimum absolute atomic E-state index is 0.854. The molecule has 0 heterocycles. The van der Waals surface area contributed by atoms with Gasteiger partial charge in [0.1, 0.15) is 0 Å². The van der Waals surface area contributed by atoms with Crippen molar-refractivity contribution in [2.75, 3.05) is 13.2 Å². The van der Waals surface area contributed by atoms with Crippen LogP contribution in [0.2, 0.25) is 0 Å². The van der Waals surface area contributed by atoms with E-state index in [2.05, 4.69) is 20.4 Å². The second-order valence-electron chi connectivity index (χ2n) is 3.83. The molecule has 0 aromatic carbocycles. The van der Waals surface area contributed by atoms with Gasteiger partial charge in [-0.05, 0) is 32.1 Å². The highest BCUT2D eigenvalue weighted by Gasteiger charge is 2.05. The summed E-state index contributed by atoms with van der Waals surface area (Å²) in [5.74, 6) is 0.867. The molecule has 1 heteroatoms. The molecule has 0 N–H and O–H groups in total. The van der Waals surface area contributed by atoms with Crippen molar-refractivity contribution in [3.63, 3.8) is 0 Å². The third-order valence-electron chi connectivity index (χ3n) is 2.72. The number of unbranched alkanes of at least 4 members (excludes halogenated alkanes) is 2. The highest BCUT2D eigenvalue weighted by molar-refractivity contribution is 4.66. The molecule has 0 saturated carbocycles. The summed E-state index contributed by atoms with van der Waals surface area (Å²) < 4.78 is 5.38. The maximum absolute atomic E-state index is 5.38. The Labute approximate surface area is 89.5 Å². The molecule has 0 aliphatic carbocycles. The van der Waals surface area contributed by atoms with Crippen molar-refractivity contribution in [2.45, 2.75) is 52.4 Å². The molecule has 84 valence electrons. The van der Waals surface area contributed by atoms with Crippen LogP contribution in [0, 0.1) is 5.92 Å². The molecule has 1 atom stereocenters. The second-order valence-corrected chi connectivity index (χ2v) is 3.83. The van der Waals surface area contributed by atoms with Gasteiger partial charge in [0.15, 0.2) is 0 Å². The number of ether oxygens (including phenoxy) is 1. The summed E-state index contributed by atoms with van der Waals surface area (Å²) in [4.78, 5) is 0. The van der Waals surface area contributed by atoms with Gasteiger partial charge in [-0.1, -0.05) is 32.3 Å². The fourth-order valence-electron chi connectivity index (χ4n) is 1.67. The molecule has 0 spiro atoms. The summed E-state index contributed by atoms with van der Waals surface area (Å²) in [6, 6.07) is 0. The highest BCUT2D eigenvalue weighted by atomic mass is 16.5. The summed E-state index contributed by atoms with van der Waals surface area (Å²) in [5.41, 5.74) is 0. The lowest BCUT2D eigenvalue weighted by Crippen LogP contribution is -2.04. The summed E-state index contributed by atoms with van der Waals surface area (Å²) in [5, 5.41) is 0. The molecule has 1 unspecified atom stereocenters. The molecule has 0 aliphatic rings. The van der Waals surface area contributed by atoms with Crippen LogP contribution in [0.5, 0.6) is 0 Å². The highest BCUT2D eigenvalue weighted by Crippen LogP contribution is 2.17. The molecular formula is C13H26O. The van der Waals surface area contributed by atoms with Crippen LogP contribution in [-0.2, 0) is 4.74 Å². The van der Waals surface area contributed by atoms with Crippen LogP contribution in [0.1, 0.15) is 52.4 Å². The summed E-state index contributed by atoms with van der Waals surface area (Å²) in [6.07, 6.45) is 9.71. The van der Waals surface area contributed by atoms with E-state index in [0.717, 1.165) is 19.1 Å². The Morgan fingerprint density at radius 3 is 2.57 bits per heavy atom. The average Bonchev–Trinajstić information content (AvgIpc) is 2.22. The molecule has 0 radical (unpaired) electrons. The molecule has 0 aliphatic heterocycles. The van der Waals surface area contributed by atoms with E-state index >= 15 is 0 Å². The Kier molecular flexibility index (Phi) is 10.5. The number of rotatable bonds is 10. The minimum Gasteiger partial charge on any atom is -0.382 e. The van der Waals surface area contributed by atoms with E-state index in [-0.39, 0.29) is 0 Å². The van der Waals surface area contributed by atoms with Gasteiger partial charge in [-0.25, -0.2) is 0 Å². The van der Waals surface area contributed by atoms with Gasteiger partial charge in [0, 0.05) is 13.2 Å². The van der Waals surface area contributed by atoms with E-state index in [1.807, 2.05) is 6.08 Å². The van der Waals surface area contributed by atoms with Crippen LogP contribution < -0.4 is 0 Å². The van der Waals surface area contributed by atoms with Gasteiger partial charge in [-0.15, -0.1) is 6.58 Å². The van der Waals surface area contributed by atoms with E-state index < -0.39 is 0 Å². The van der Waals surface area contributed by atoms with Crippen molar-refractivity contribution in [2.24, 2.45) is 5.92 Å². The zero-order chi connectivity index (χ0) is 10.6. The maximum atomic E-state index is 5.38. The molecule has 0 rings (SSSR count). The molecule has 0 bridgehead atoms. The van der Waals surface area contributed by atoms with Crippen molar-refractivity contribution in [1.29, 1.82) is 0 Å².